The summed E-state index contributed by atoms with van der Waals surface area (Å²) >= 11 is 5.78. The van der Waals surface area contributed by atoms with Crippen molar-refractivity contribution >= 4 is 11.6 Å². The van der Waals surface area contributed by atoms with Gasteiger partial charge >= 0.3 is 0 Å². The molecule has 0 saturated carbocycles. The smallest absolute Gasteiger partial charge is 0.0992 e. The molecule has 0 spiro atoms. The van der Waals surface area contributed by atoms with Gasteiger partial charge in [0.1, 0.15) is 0 Å². The van der Waals surface area contributed by atoms with E-state index in [9.17, 15) is 0 Å². The maximum atomic E-state index is 8.49. The fourth-order valence-corrected chi connectivity index (χ4v) is 1.04. The van der Waals surface area contributed by atoms with E-state index in [-0.39, 0.29) is 0 Å². The van der Waals surface area contributed by atoms with E-state index in [1.54, 1.807) is 18.2 Å². The fourth-order valence-electron chi connectivity index (χ4n) is 0.782. The summed E-state index contributed by atoms with van der Waals surface area (Å²) in [6.07, 6.45) is 0. The highest BCUT2D eigenvalue weighted by molar-refractivity contribution is 6.31. The van der Waals surface area contributed by atoms with E-state index in [1.807, 2.05) is 6.07 Å². The molecule has 0 amide bonds. The summed E-state index contributed by atoms with van der Waals surface area (Å²) in [5.41, 5.74) is 6.80. The molecule has 0 bridgehead atoms. The van der Waals surface area contributed by atoms with Crippen molar-refractivity contribution in [1.82, 2.24) is 0 Å². The van der Waals surface area contributed by atoms with Crippen molar-refractivity contribution in [3.8, 4) is 6.07 Å². The summed E-state index contributed by atoms with van der Waals surface area (Å²) in [4.78, 5) is 0. The molecule has 0 aliphatic carbocycles. The van der Waals surface area contributed by atoms with E-state index in [4.69, 9.17) is 22.6 Å². The van der Waals surface area contributed by atoms with Crippen LogP contribution in [-0.2, 0) is 6.54 Å². The molecule has 0 heterocycles. The number of nitrogens with two attached hydrogens (primary N) is 1. The highest BCUT2D eigenvalue weighted by atomic mass is 35.5. The lowest BCUT2D eigenvalue weighted by Gasteiger charge is -1.98. The number of halogens is 1. The molecule has 0 unspecified atom stereocenters. The molecule has 0 aliphatic heterocycles. The topological polar surface area (TPSA) is 49.8 Å². The number of rotatable bonds is 1. The monoisotopic (exact) mass is 166 g/mol. The van der Waals surface area contributed by atoms with Gasteiger partial charge in [0.25, 0.3) is 0 Å². The molecular formula is C8H7ClN2. The maximum absolute atomic E-state index is 8.49. The van der Waals surface area contributed by atoms with Gasteiger partial charge in [0.2, 0.25) is 0 Å². The van der Waals surface area contributed by atoms with Gasteiger partial charge in [-0.05, 0) is 17.7 Å². The average Bonchev–Trinajstić information content (AvgIpc) is 2.04. The third-order valence-corrected chi connectivity index (χ3v) is 1.75. The molecule has 0 aromatic heterocycles. The Balaban J connectivity index is 3.12. The van der Waals surface area contributed by atoms with E-state index in [0.29, 0.717) is 17.1 Å². The first-order chi connectivity index (χ1) is 5.27. The zero-order chi connectivity index (χ0) is 8.27. The van der Waals surface area contributed by atoms with Gasteiger partial charge in [0.05, 0.1) is 11.6 Å². The van der Waals surface area contributed by atoms with Gasteiger partial charge in [-0.2, -0.15) is 5.26 Å². The maximum Gasteiger partial charge on any atom is 0.0992 e. The van der Waals surface area contributed by atoms with Gasteiger partial charge in [-0.1, -0.05) is 17.7 Å². The number of nitrogens with zero attached hydrogens (tertiary/aromatic N) is 1. The first-order valence-electron chi connectivity index (χ1n) is 3.16. The number of nitriles is 1. The molecule has 3 heteroatoms. The molecule has 0 fully saturated rings. The SMILES string of the molecule is N#Cc1ccc(CN)c(Cl)c1. The van der Waals surface area contributed by atoms with Gasteiger partial charge in [0.15, 0.2) is 0 Å². The average molecular weight is 167 g/mol. The summed E-state index contributed by atoms with van der Waals surface area (Å²) in [5.74, 6) is 0. The molecule has 1 aromatic carbocycles. The van der Waals surface area contributed by atoms with Crippen LogP contribution in [0.15, 0.2) is 18.2 Å². The first-order valence-corrected chi connectivity index (χ1v) is 3.54. The Morgan fingerprint density at radius 3 is 2.73 bits per heavy atom. The third-order valence-electron chi connectivity index (χ3n) is 1.40. The molecule has 0 saturated heterocycles. The van der Waals surface area contributed by atoms with Crippen molar-refractivity contribution in [1.29, 1.82) is 5.26 Å². The molecule has 2 nitrogen and oxygen atoms in total. The van der Waals surface area contributed by atoms with Crippen LogP contribution in [0.25, 0.3) is 0 Å². The van der Waals surface area contributed by atoms with Crippen molar-refractivity contribution in [2.75, 3.05) is 0 Å². The minimum atomic E-state index is 0.407. The Hall–Kier alpha value is -1.04. The van der Waals surface area contributed by atoms with Crippen LogP contribution in [-0.4, -0.2) is 0 Å². The molecule has 1 aromatic rings. The van der Waals surface area contributed by atoms with E-state index < -0.39 is 0 Å². The summed E-state index contributed by atoms with van der Waals surface area (Å²) < 4.78 is 0. The molecule has 0 aliphatic rings. The molecule has 11 heavy (non-hydrogen) atoms. The van der Waals surface area contributed by atoms with Gasteiger partial charge in [-0.25, -0.2) is 0 Å². The predicted octanol–water partition coefficient (Wildman–Crippen LogP) is 1.67. The summed E-state index contributed by atoms with van der Waals surface area (Å²) in [6.45, 7) is 0.407. The van der Waals surface area contributed by atoms with Gasteiger partial charge in [-0.3, -0.25) is 0 Å². The quantitative estimate of drug-likeness (QED) is 0.690. The molecule has 2 N–H and O–H groups in total. The predicted molar refractivity (Wildman–Crippen MR) is 44.1 cm³/mol. The Bertz CT molecular complexity index is 301. The minimum Gasteiger partial charge on any atom is -0.326 e. The summed E-state index contributed by atoms with van der Waals surface area (Å²) in [7, 11) is 0. The number of hydrogen-bond donors (Lipinski definition) is 1. The van der Waals surface area contributed by atoms with Crippen molar-refractivity contribution < 1.29 is 0 Å². The van der Waals surface area contributed by atoms with Crippen molar-refractivity contribution in [3.05, 3.63) is 34.3 Å². The van der Waals surface area contributed by atoms with Crippen LogP contribution in [0.1, 0.15) is 11.1 Å². The zero-order valence-electron chi connectivity index (χ0n) is 5.84. The fraction of sp³-hybridized carbons (Fsp3) is 0.125. The Morgan fingerprint density at radius 2 is 2.27 bits per heavy atom. The van der Waals surface area contributed by atoms with E-state index >= 15 is 0 Å². The van der Waals surface area contributed by atoms with Crippen LogP contribution in [0, 0.1) is 11.3 Å². The van der Waals surface area contributed by atoms with Crippen molar-refractivity contribution in [2.24, 2.45) is 5.73 Å². The normalized spacial score (nSPS) is 9.18. The Kier molecular flexibility index (Phi) is 2.48. The van der Waals surface area contributed by atoms with Gasteiger partial charge < -0.3 is 5.73 Å². The van der Waals surface area contributed by atoms with Crippen LogP contribution in [0.3, 0.4) is 0 Å². The molecular weight excluding hydrogens is 160 g/mol. The van der Waals surface area contributed by atoms with Gasteiger partial charge in [-0.15, -0.1) is 0 Å². The Labute approximate surface area is 70.2 Å². The van der Waals surface area contributed by atoms with Crippen molar-refractivity contribution in [3.63, 3.8) is 0 Å². The summed E-state index contributed by atoms with van der Waals surface area (Å²) in [6, 6.07) is 7.08. The second-order valence-corrected chi connectivity index (χ2v) is 2.53. The lowest BCUT2D eigenvalue weighted by atomic mass is 10.1. The van der Waals surface area contributed by atoms with Crippen LogP contribution >= 0.6 is 11.6 Å². The van der Waals surface area contributed by atoms with Crippen LogP contribution in [0.5, 0.6) is 0 Å². The zero-order valence-corrected chi connectivity index (χ0v) is 6.60. The van der Waals surface area contributed by atoms with E-state index in [0.717, 1.165) is 5.56 Å². The molecule has 0 atom stereocenters. The molecule has 56 valence electrons. The standard InChI is InChI=1S/C8H7ClN2/c9-8-3-6(4-10)1-2-7(8)5-11/h1-3H,5,11H2. The minimum absolute atomic E-state index is 0.407. The number of hydrogen-bond acceptors (Lipinski definition) is 2. The second kappa shape index (κ2) is 3.38. The van der Waals surface area contributed by atoms with E-state index in [2.05, 4.69) is 0 Å². The van der Waals surface area contributed by atoms with Crippen LogP contribution in [0.2, 0.25) is 5.02 Å². The lowest BCUT2D eigenvalue weighted by Crippen LogP contribution is -1.96. The van der Waals surface area contributed by atoms with Crippen molar-refractivity contribution in [2.45, 2.75) is 6.54 Å². The first kappa shape index (κ1) is 8.06. The lowest BCUT2D eigenvalue weighted by molar-refractivity contribution is 1.07. The molecule has 0 radical (unpaired) electrons. The Morgan fingerprint density at radius 1 is 1.55 bits per heavy atom. The van der Waals surface area contributed by atoms with E-state index in [1.165, 1.54) is 0 Å². The summed E-state index contributed by atoms with van der Waals surface area (Å²) in [5, 5.41) is 9.05. The third kappa shape index (κ3) is 1.70. The molecule has 1 rings (SSSR count). The number of benzene rings is 1. The van der Waals surface area contributed by atoms with Gasteiger partial charge in [0, 0.05) is 11.6 Å². The van der Waals surface area contributed by atoms with Crippen LogP contribution in [0.4, 0.5) is 0 Å². The van der Waals surface area contributed by atoms with Crippen LogP contribution < -0.4 is 5.73 Å². The largest absolute Gasteiger partial charge is 0.326 e. The highest BCUT2D eigenvalue weighted by Gasteiger charge is 1.98. The highest BCUT2D eigenvalue weighted by Crippen LogP contribution is 2.16. The second-order valence-electron chi connectivity index (χ2n) is 2.12.